The Morgan fingerprint density at radius 3 is 2.80 bits per heavy atom. The van der Waals surface area contributed by atoms with Gasteiger partial charge in [-0.15, -0.1) is 0 Å². The molecule has 25 heavy (non-hydrogen) atoms. The lowest BCUT2D eigenvalue weighted by molar-refractivity contribution is 0.0946. The van der Waals surface area contributed by atoms with E-state index in [0.29, 0.717) is 27.9 Å². The number of aryl methyl sites for hydroxylation is 1. The second kappa shape index (κ2) is 8.25. The minimum absolute atomic E-state index is 0.00704. The Morgan fingerprint density at radius 1 is 1.40 bits per heavy atom. The number of anilines is 1. The van der Waals surface area contributed by atoms with E-state index < -0.39 is 5.91 Å². The first-order chi connectivity index (χ1) is 11.9. The Bertz CT molecular complexity index is 819. The highest BCUT2D eigenvalue weighted by Gasteiger charge is 2.17. The molecule has 0 unspecified atom stereocenters. The summed E-state index contributed by atoms with van der Waals surface area (Å²) in [5.41, 5.74) is 7.44. The van der Waals surface area contributed by atoms with Crippen LogP contribution in [-0.2, 0) is 11.3 Å². The van der Waals surface area contributed by atoms with Crippen molar-refractivity contribution < 1.29 is 9.53 Å². The van der Waals surface area contributed by atoms with E-state index in [-0.39, 0.29) is 18.1 Å². The number of nitrogens with zero attached hydrogens (tertiary/aromatic N) is 3. The lowest BCUT2D eigenvalue weighted by atomic mass is 10.2. The third-order valence-corrected chi connectivity index (χ3v) is 3.36. The van der Waals surface area contributed by atoms with E-state index in [0.717, 1.165) is 0 Å². The van der Waals surface area contributed by atoms with Crippen molar-refractivity contribution in [1.29, 1.82) is 0 Å². The van der Waals surface area contributed by atoms with Crippen LogP contribution in [0.15, 0.2) is 37.2 Å². The molecule has 2 rings (SSSR count). The standard InChI is InChI=1S/C17H18ClN5O2/c1-4-7-25-11(3)14-10(2)22-15(16(19)23-14)17(24)21-9-13-6-5-12(18)8-20-13/h4-8H,3,9H2,1-2H3,(H2,19,23)(H,21,24)/b7-4-. The van der Waals surface area contributed by atoms with Gasteiger partial charge in [-0.3, -0.25) is 9.78 Å². The lowest BCUT2D eigenvalue weighted by Gasteiger charge is -2.11. The summed E-state index contributed by atoms with van der Waals surface area (Å²) in [4.78, 5) is 24.8. The molecule has 2 heterocycles. The molecule has 8 heteroatoms. The molecule has 0 aromatic carbocycles. The first kappa shape index (κ1) is 18.4. The number of pyridine rings is 1. The van der Waals surface area contributed by atoms with Crippen molar-refractivity contribution in [1.82, 2.24) is 20.3 Å². The van der Waals surface area contributed by atoms with Crippen LogP contribution in [0, 0.1) is 6.92 Å². The zero-order valence-corrected chi connectivity index (χ0v) is 14.7. The van der Waals surface area contributed by atoms with Crippen molar-refractivity contribution in [3.05, 3.63) is 65.0 Å². The normalized spacial score (nSPS) is 10.7. The Morgan fingerprint density at radius 2 is 2.16 bits per heavy atom. The fourth-order valence-corrected chi connectivity index (χ4v) is 2.05. The van der Waals surface area contributed by atoms with E-state index in [1.54, 1.807) is 25.1 Å². The number of ether oxygens (including phenoxy) is 1. The molecule has 0 aliphatic rings. The molecule has 0 aliphatic heterocycles. The second-order valence-electron chi connectivity index (χ2n) is 5.05. The molecule has 0 fully saturated rings. The molecule has 0 saturated heterocycles. The van der Waals surface area contributed by atoms with Crippen LogP contribution in [0.4, 0.5) is 5.82 Å². The van der Waals surface area contributed by atoms with E-state index in [1.807, 2.05) is 6.92 Å². The Hall–Kier alpha value is -2.93. The number of hydrogen-bond donors (Lipinski definition) is 2. The number of rotatable bonds is 6. The summed E-state index contributed by atoms with van der Waals surface area (Å²) in [5.74, 6) is -0.157. The number of hydrogen-bond acceptors (Lipinski definition) is 6. The molecular weight excluding hydrogens is 342 g/mol. The molecule has 2 aromatic heterocycles. The van der Waals surface area contributed by atoms with Gasteiger partial charge in [0.05, 0.1) is 29.2 Å². The number of carbonyl (C=O) groups excluding carboxylic acids is 1. The van der Waals surface area contributed by atoms with Gasteiger partial charge in [0.1, 0.15) is 11.5 Å². The maximum absolute atomic E-state index is 12.3. The Labute approximate surface area is 150 Å². The maximum atomic E-state index is 12.3. The summed E-state index contributed by atoms with van der Waals surface area (Å²) in [7, 11) is 0. The first-order valence-corrected chi connectivity index (χ1v) is 7.80. The van der Waals surface area contributed by atoms with Gasteiger partial charge < -0.3 is 15.8 Å². The van der Waals surface area contributed by atoms with Crippen LogP contribution in [0.5, 0.6) is 0 Å². The maximum Gasteiger partial charge on any atom is 0.274 e. The largest absolute Gasteiger partial charge is 0.464 e. The number of allylic oxidation sites excluding steroid dienone is 1. The molecule has 0 radical (unpaired) electrons. The zero-order valence-electron chi connectivity index (χ0n) is 13.9. The van der Waals surface area contributed by atoms with Gasteiger partial charge in [0.2, 0.25) is 0 Å². The monoisotopic (exact) mass is 359 g/mol. The third kappa shape index (κ3) is 4.77. The van der Waals surface area contributed by atoms with Crippen molar-refractivity contribution in [2.75, 3.05) is 5.73 Å². The SMILES string of the molecule is C=C(O/C=C\C)c1nc(N)c(C(=O)NCc2ccc(Cl)cn2)nc1C. The predicted octanol–water partition coefficient (Wildman–Crippen LogP) is 2.87. The molecule has 2 aromatic rings. The first-order valence-electron chi connectivity index (χ1n) is 7.42. The van der Waals surface area contributed by atoms with E-state index >= 15 is 0 Å². The number of nitrogens with two attached hydrogens (primary N) is 1. The summed E-state index contributed by atoms with van der Waals surface area (Å²) >= 11 is 5.77. The second-order valence-corrected chi connectivity index (χ2v) is 5.49. The fraction of sp³-hybridized carbons (Fsp3) is 0.176. The van der Waals surface area contributed by atoms with Gasteiger partial charge in [0.25, 0.3) is 5.91 Å². The highest BCUT2D eigenvalue weighted by Crippen LogP contribution is 2.18. The number of carbonyl (C=O) groups is 1. The molecule has 0 bridgehead atoms. The summed E-state index contributed by atoms with van der Waals surface area (Å²) in [6.45, 7) is 7.49. The van der Waals surface area contributed by atoms with Crippen LogP contribution in [-0.4, -0.2) is 20.9 Å². The van der Waals surface area contributed by atoms with Gasteiger partial charge in [-0.1, -0.05) is 24.3 Å². The van der Waals surface area contributed by atoms with Gasteiger partial charge in [0, 0.05) is 6.20 Å². The molecule has 1 amide bonds. The minimum Gasteiger partial charge on any atom is -0.464 e. The molecule has 0 atom stereocenters. The van der Waals surface area contributed by atoms with Crippen molar-refractivity contribution in [3.8, 4) is 0 Å². The van der Waals surface area contributed by atoms with Crippen LogP contribution in [0.2, 0.25) is 5.02 Å². The third-order valence-electron chi connectivity index (χ3n) is 3.14. The van der Waals surface area contributed by atoms with Crippen LogP contribution in [0.3, 0.4) is 0 Å². The van der Waals surface area contributed by atoms with Crippen molar-refractivity contribution in [3.63, 3.8) is 0 Å². The topological polar surface area (TPSA) is 103 Å². The quantitative estimate of drug-likeness (QED) is 0.769. The van der Waals surface area contributed by atoms with Gasteiger partial charge in [-0.25, -0.2) is 9.97 Å². The molecule has 130 valence electrons. The molecule has 0 saturated carbocycles. The summed E-state index contributed by atoms with van der Waals surface area (Å²) < 4.78 is 5.28. The van der Waals surface area contributed by atoms with Crippen LogP contribution in [0.1, 0.15) is 34.5 Å². The number of aromatic nitrogens is 3. The van der Waals surface area contributed by atoms with Gasteiger partial charge in [-0.05, 0) is 26.0 Å². The zero-order chi connectivity index (χ0) is 18.4. The van der Waals surface area contributed by atoms with E-state index in [9.17, 15) is 4.79 Å². The van der Waals surface area contributed by atoms with E-state index in [2.05, 4.69) is 26.8 Å². The molecule has 7 nitrogen and oxygen atoms in total. The highest BCUT2D eigenvalue weighted by molar-refractivity contribution is 6.30. The predicted molar refractivity (Wildman–Crippen MR) is 96.5 cm³/mol. The fourth-order valence-electron chi connectivity index (χ4n) is 1.94. The lowest BCUT2D eigenvalue weighted by Crippen LogP contribution is -2.26. The number of halogens is 1. The summed E-state index contributed by atoms with van der Waals surface area (Å²) in [6.07, 6.45) is 4.69. The smallest absolute Gasteiger partial charge is 0.274 e. The van der Waals surface area contributed by atoms with Crippen molar-refractivity contribution in [2.45, 2.75) is 20.4 Å². The van der Waals surface area contributed by atoms with E-state index in [4.69, 9.17) is 22.1 Å². The van der Waals surface area contributed by atoms with Gasteiger partial charge in [0.15, 0.2) is 11.5 Å². The Kier molecular flexibility index (Phi) is 6.08. The molecule has 0 aliphatic carbocycles. The van der Waals surface area contributed by atoms with E-state index in [1.165, 1.54) is 12.5 Å². The summed E-state index contributed by atoms with van der Waals surface area (Å²) in [6, 6.07) is 3.41. The molecular formula is C17H18ClN5O2. The average molecular weight is 360 g/mol. The van der Waals surface area contributed by atoms with Crippen LogP contribution in [0.25, 0.3) is 5.76 Å². The van der Waals surface area contributed by atoms with Gasteiger partial charge >= 0.3 is 0 Å². The summed E-state index contributed by atoms with van der Waals surface area (Å²) in [5, 5.41) is 3.22. The number of nitrogen functional groups attached to an aromatic ring is 1. The number of nitrogens with one attached hydrogen (secondary N) is 1. The average Bonchev–Trinajstić information content (AvgIpc) is 2.60. The van der Waals surface area contributed by atoms with Crippen LogP contribution >= 0.6 is 11.6 Å². The van der Waals surface area contributed by atoms with Crippen LogP contribution < -0.4 is 11.1 Å². The van der Waals surface area contributed by atoms with Gasteiger partial charge in [-0.2, -0.15) is 0 Å². The van der Waals surface area contributed by atoms with Crippen molar-refractivity contribution in [2.24, 2.45) is 0 Å². The highest BCUT2D eigenvalue weighted by atomic mass is 35.5. The number of amides is 1. The van der Waals surface area contributed by atoms with Crippen molar-refractivity contribution >= 4 is 29.1 Å². The molecule has 3 N–H and O–H groups in total. The molecule has 0 spiro atoms. The Balaban J connectivity index is 2.13. The minimum atomic E-state index is -0.448.